The predicted molar refractivity (Wildman–Crippen MR) is 64.7 cm³/mol. The largest absolute Gasteiger partial charge is 0.394 e. The van der Waals surface area contributed by atoms with Gasteiger partial charge in [0.05, 0.1) is 12.1 Å². The van der Waals surface area contributed by atoms with Crippen LogP contribution < -0.4 is 5.32 Å². The molecule has 88 valence electrons. The minimum Gasteiger partial charge on any atom is -0.394 e. The highest BCUT2D eigenvalue weighted by Crippen LogP contribution is 2.31. The second kappa shape index (κ2) is 4.43. The van der Waals surface area contributed by atoms with Crippen molar-refractivity contribution in [2.45, 2.75) is 31.3 Å². The molecular weight excluding hydrogens is 273 g/mol. The first-order chi connectivity index (χ1) is 7.55. The molecule has 16 heavy (non-hydrogen) atoms. The number of aliphatic hydroxyl groups excluding tert-OH is 1. The van der Waals surface area contributed by atoms with E-state index in [9.17, 15) is 9.50 Å². The Morgan fingerprint density at radius 2 is 2.25 bits per heavy atom. The van der Waals surface area contributed by atoms with Gasteiger partial charge in [-0.15, -0.1) is 0 Å². The molecule has 0 aromatic heterocycles. The zero-order chi connectivity index (χ0) is 11.8. The highest BCUT2D eigenvalue weighted by atomic mass is 79.9. The molecule has 1 unspecified atom stereocenters. The summed E-state index contributed by atoms with van der Waals surface area (Å²) in [6, 6.07) is 5.21. The minimum absolute atomic E-state index is 0.114. The van der Waals surface area contributed by atoms with Gasteiger partial charge in [-0.05, 0) is 38.0 Å². The van der Waals surface area contributed by atoms with Gasteiger partial charge in [0.1, 0.15) is 5.82 Å². The summed E-state index contributed by atoms with van der Waals surface area (Å²) in [7, 11) is 0. The molecule has 2 nitrogen and oxygen atoms in total. The highest BCUT2D eigenvalue weighted by molar-refractivity contribution is 9.10. The van der Waals surface area contributed by atoms with Crippen molar-refractivity contribution >= 4 is 15.9 Å². The molecule has 4 heteroatoms. The van der Waals surface area contributed by atoms with Gasteiger partial charge in [-0.25, -0.2) is 4.39 Å². The van der Waals surface area contributed by atoms with Crippen LogP contribution in [0.1, 0.15) is 25.3 Å². The molecule has 1 aromatic rings. The molecule has 1 aliphatic rings. The summed E-state index contributed by atoms with van der Waals surface area (Å²) >= 11 is 3.32. The molecule has 1 aliphatic carbocycles. The van der Waals surface area contributed by atoms with E-state index >= 15 is 0 Å². The molecule has 1 aromatic carbocycles. The fourth-order valence-corrected chi connectivity index (χ4v) is 2.17. The maximum absolute atomic E-state index is 13.8. The van der Waals surface area contributed by atoms with Crippen LogP contribution in [0.5, 0.6) is 0 Å². The summed E-state index contributed by atoms with van der Waals surface area (Å²) in [6.07, 6.45) is 2.20. The molecule has 0 amide bonds. The average molecular weight is 288 g/mol. The van der Waals surface area contributed by atoms with Crippen LogP contribution in [0.25, 0.3) is 0 Å². The van der Waals surface area contributed by atoms with Crippen LogP contribution in [0.2, 0.25) is 0 Å². The molecule has 1 atom stereocenters. The van der Waals surface area contributed by atoms with Crippen LogP contribution in [0.3, 0.4) is 0 Å². The first kappa shape index (κ1) is 12.0. The molecule has 0 radical (unpaired) electrons. The van der Waals surface area contributed by atoms with Gasteiger partial charge in [-0.3, -0.25) is 0 Å². The average Bonchev–Trinajstić information content (AvgIpc) is 3.05. The van der Waals surface area contributed by atoms with Crippen molar-refractivity contribution in [1.29, 1.82) is 0 Å². The third kappa shape index (κ3) is 2.44. The fraction of sp³-hybridized carbons (Fsp3) is 0.500. The number of halogens is 2. The minimum atomic E-state index is -0.699. The SMILES string of the molecule is CC(CO)(NC1CC1)c1cc(Br)ccc1F. The summed E-state index contributed by atoms with van der Waals surface area (Å²) < 4.78 is 14.6. The molecule has 1 fully saturated rings. The van der Waals surface area contributed by atoms with Crippen LogP contribution in [0, 0.1) is 5.82 Å². The summed E-state index contributed by atoms with van der Waals surface area (Å²) in [6.45, 7) is 1.72. The van der Waals surface area contributed by atoms with E-state index in [2.05, 4.69) is 21.2 Å². The van der Waals surface area contributed by atoms with Gasteiger partial charge in [0.15, 0.2) is 0 Å². The second-order valence-electron chi connectivity index (χ2n) is 4.53. The second-order valence-corrected chi connectivity index (χ2v) is 5.45. The van der Waals surface area contributed by atoms with Gasteiger partial charge >= 0.3 is 0 Å². The van der Waals surface area contributed by atoms with Crippen molar-refractivity contribution in [3.63, 3.8) is 0 Å². The summed E-state index contributed by atoms with van der Waals surface area (Å²) in [5.41, 5.74) is -0.189. The fourth-order valence-electron chi connectivity index (χ4n) is 1.81. The first-order valence-corrected chi connectivity index (χ1v) is 6.18. The van der Waals surface area contributed by atoms with Gasteiger partial charge in [0.25, 0.3) is 0 Å². The van der Waals surface area contributed by atoms with Crippen molar-refractivity contribution in [2.24, 2.45) is 0 Å². The maximum Gasteiger partial charge on any atom is 0.128 e. The Labute approximate surface area is 103 Å². The monoisotopic (exact) mass is 287 g/mol. The van der Waals surface area contributed by atoms with E-state index in [1.165, 1.54) is 6.07 Å². The van der Waals surface area contributed by atoms with Crippen molar-refractivity contribution in [2.75, 3.05) is 6.61 Å². The third-order valence-corrected chi connectivity index (χ3v) is 3.43. The maximum atomic E-state index is 13.8. The van der Waals surface area contributed by atoms with Crippen LogP contribution in [-0.4, -0.2) is 17.8 Å². The number of hydrogen-bond acceptors (Lipinski definition) is 2. The van der Waals surface area contributed by atoms with Gasteiger partial charge in [-0.1, -0.05) is 15.9 Å². The van der Waals surface area contributed by atoms with Crippen molar-refractivity contribution in [3.8, 4) is 0 Å². The zero-order valence-electron chi connectivity index (χ0n) is 9.13. The standard InChI is InChI=1S/C12H15BrFNO/c1-12(7-16,15-9-3-4-9)10-6-8(13)2-5-11(10)14/h2,5-6,9,15-16H,3-4,7H2,1H3. The molecule has 0 heterocycles. The third-order valence-electron chi connectivity index (χ3n) is 2.94. The smallest absolute Gasteiger partial charge is 0.128 e. The molecular formula is C12H15BrFNO. The van der Waals surface area contributed by atoms with E-state index in [0.29, 0.717) is 11.6 Å². The Morgan fingerprint density at radius 3 is 2.81 bits per heavy atom. The highest BCUT2D eigenvalue weighted by Gasteiger charge is 2.35. The Kier molecular flexibility index (Phi) is 3.33. The quantitative estimate of drug-likeness (QED) is 0.892. The van der Waals surface area contributed by atoms with Crippen molar-refractivity contribution < 1.29 is 9.50 Å². The van der Waals surface area contributed by atoms with Crippen LogP contribution in [0.4, 0.5) is 4.39 Å². The Morgan fingerprint density at radius 1 is 1.56 bits per heavy atom. The molecule has 0 aliphatic heterocycles. The molecule has 2 rings (SSSR count). The lowest BCUT2D eigenvalue weighted by Gasteiger charge is -2.30. The van der Waals surface area contributed by atoms with Crippen LogP contribution >= 0.6 is 15.9 Å². The van der Waals surface area contributed by atoms with Gasteiger partial charge < -0.3 is 10.4 Å². The lowest BCUT2D eigenvalue weighted by atomic mass is 9.92. The Balaban J connectivity index is 2.33. The number of benzene rings is 1. The van der Waals surface area contributed by atoms with Gasteiger partial charge in [-0.2, -0.15) is 0 Å². The number of aliphatic hydroxyl groups is 1. The number of nitrogens with one attached hydrogen (secondary N) is 1. The molecule has 0 spiro atoms. The van der Waals surface area contributed by atoms with E-state index < -0.39 is 5.54 Å². The lowest BCUT2D eigenvalue weighted by molar-refractivity contribution is 0.169. The summed E-state index contributed by atoms with van der Waals surface area (Å²) in [5, 5.41) is 12.8. The van der Waals surface area contributed by atoms with E-state index in [-0.39, 0.29) is 12.4 Å². The van der Waals surface area contributed by atoms with E-state index in [4.69, 9.17) is 0 Å². The molecule has 1 saturated carbocycles. The first-order valence-electron chi connectivity index (χ1n) is 5.39. The Bertz CT molecular complexity index is 395. The zero-order valence-corrected chi connectivity index (χ0v) is 10.7. The topological polar surface area (TPSA) is 32.3 Å². The summed E-state index contributed by atoms with van der Waals surface area (Å²) in [5.74, 6) is -0.284. The van der Waals surface area contributed by atoms with Crippen LogP contribution in [-0.2, 0) is 5.54 Å². The van der Waals surface area contributed by atoms with Gasteiger partial charge in [0.2, 0.25) is 0 Å². The molecule has 0 bridgehead atoms. The lowest BCUT2D eigenvalue weighted by Crippen LogP contribution is -2.44. The van der Waals surface area contributed by atoms with Crippen LogP contribution in [0.15, 0.2) is 22.7 Å². The predicted octanol–water partition coefficient (Wildman–Crippen LogP) is 2.55. The van der Waals surface area contributed by atoms with Crippen molar-refractivity contribution in [3.05, 3.63) is 34.1 Å². The van der Waals surface area contributed by atoms with Crippen molar-refractivity contribution in [1.82, 2.24) is 5.32 Å². The van der Waals surface area contributed by atoms with E-state index in [0.717, 1.165) is 17.3 Å². The van der Waals surface area contributed by atoms with E-state index in [1.807, 2.05) is 6.92 Å². The number of hydrogen-bond donors (Lipinski definition) is 2. The van der Waals surface area contributed by atoms with Gasteiger partial charge in [0, 0.05) is 16.1 Å². The number of rotatable bonds is 4. The Hall–Kier alpha value is -0.450. The molecule has 0 saturated heterocycles. The summed E-state index contributed by atoms with van der Waals surface area (Å²) in [4.78, 5) is 0. The van der Waals surface area contributed by atoms with E-state index in [1.54, 1.807) is 12.1 Å². The normalized spacial score (nSPS) is 19.5. The molecule has 2 N–H and O–H groups in total.